The summed E-state index contributed by atoms with van der Waals surface area (Å²) in [5, 5.41) is 2.81. The second-order valence-corrected chi connectivity index (χ2v) is 4.86. The Bertz CT molecular complexity index is 740. The second kappa shape index (κ2) is 6.87. The second-order valence-electron chi connectivity index (χ2n) is 4.86. The van der Waals surface area contributed by atoms with Crippen LogP contribution in [0.5, 0.6) is 17.2 Å². The summed E-state index contributed by atoms with van der Waals surface area (Å²) in [6.07, 6.45) is 3.20. The average Bonchev–Trinajstić information content (AvgIpc) is 3.03. The Hall–Kier alpha value is -2.95. The van der Waals surface area contributed by atoms with Crippen molar-refractivity contribution in [3.05, 3.63) is 54.1 Å². The number of anilines is 1. The van der Waals surface area contributed by atoms with Gasteiger partial charge in [0.05, 0.1) is 12.3 Å². The van der Waals surface area contributed by atoms with Crippen LogP contribution in [0.2, 0.25) is 0 Å². The number of rotatable bonds is 5. The number of amides is 1. The smallest absolute Gasteiger partial charge is 0.248 e. The lowest BCUT2D eigenvalue weighted by molar-refractivity contribution is -0.111. The molecule has 0 aliphatic carbocycles. The molecule has 0 saturated heterocycles. The third-order valence-electron chi connectivity index (χ3n) is 3.27. The van der Waals surface area contributed by atoms with Gasteiger partial charge in [0.25, 0.3) is 0 Å². The Morgan fingerprint density at radius 1 is 1.22 bits per heavy atom. The maximum absolute atomic E-state index is 12.1. The summed E-state index contributed by atoms with van der Waals surface area (Å²) < 4.78 is 16.0. The lowest BCUT2D eigenvalue weighted by atomic mass is 10.2. The van der Waals surface area contributed by atoms with E-state index < -0.39 is 0 Å². The van der Waals surface area contributed by atoms with Gasteiger partial charge in [-0.1, -0.05) is 18.2 Å². The molecule has 1 aliphatic rings. The molecule has 0 saturated carbocycles. The van der Waals surface area contributed by atoms with Crippen LogP contribution >= 0.6 is 0 Å². The highest BCUT2D eigenvalue weighted by Crippen LogP contribution is 2.32. The van der Waals surface area contributed by atoms with Gasteiger partial charge in [-0.15, -0.1) is 0 Å². The number of para-hydroxylation sites is 2. The van der Waals surface area contributed by atoms with Gasteiger partial charge in [-0.3, -0.25) is 4.79 Å². The van der Waals surface area contributed by atoms with Crippen molar-refractivity contribution >= 4 is 17.7 Å². The summed E-state index contributed by atoms with van der Waals surface area (Å²) in [4.78, 5) is 12.1. The minimum Gasteiger partial charge on any atom is -0.492 e. The van der Waals surface area contributed by atoms with Crippen molar-refractivity contribution < 1.29 is 19.0 Å². The molecule has 0 spiro atoms. The molecule has 1 heterocycles. The summed E-state index contributed by atoms with van der Waals surface area (Å²) in [6.45, 7) is 2.68. The average molecular weight is 311 g/mol. The molecular weight excluding hydrogens is 294 g/mol. The fourth-order valence-electron chi connectivity index (χ4n) is 2.21. The molecule has 3 rings (SSSR count). The topological polar surface area (TPSA) is 56.8 Å². The molecule has 5 nitrogen and oxygen atoms in total. The molecule has 1 aliphatic heterocycles. The van der Waals surface area contributed by atoms with Gasteiger partial charge < -0.3 is 19.5 Å². The van der Waals surface area contributed by atoms with E-state index in [1.807, 2.05) is 43.3 Å². The Balaban J connectivity index is 1.67. The first kappa shape index (κ1) is 15.0. The Morgan fingerprint density at radius 2 is 2.04 bits per heavy atom. The molecule has 2 aromatic rings. The molecule has 0 unspecified atom stereocenters. The SMILES string of the molecule is CCOc1ccccc1NC(=O)C=Cc1ccc2c(c1)OCO2. The van der Waals surface area contributed by atoms with Crippen molar-refractivity contribution in [2.24, 2.45) is 0 Å². The van der Waals surface area contributed by atoms with E-state index >= 15 is 0 Å². The maximum atomic E-state index is 12.1. The highest BCUT2D eigenvalue weighted by Gasteiger charge is 2.12. The normalized spacial score (nSPS) is 12.4. The molecule has 0 radical (unpaired) electrons. The molecule has 0 aromatic heterocycles. The summed E-state index contributed by atoms with van der Waals surface area (Å²) in [5.74, 6) is 1.83. The lowest BCUT2D eigenvalue weighted by Gasteiger charge is -2.09. The van der Waals surface area contributed by atoms with Crippen molar-refractivity contribution in [1.29, 1.82) is 0 Å². The van der Waals surface area contributed by atoms with Crippen LogP contribution in [0.4, 0.5) is 5.69 Å². The molecule has 0 fully saturated rings. The third kappa shape index (κ3) is 3.63. The van der Waals surface area contributed by atoms with E-state index in [1.54, 1.807) is 12.1 Å². The van der Waals surface area contributed by atoms with Gasteiger partial charge >= 0.3 is 0 Å². The number of hydrogen-bond donors (Lipinski definition) is 1. The van der Waals surface area contributed by atoms with Crippen LogP contribution in [-0.2, 0) is 4.79 Å². The van der Waals surface area contributed by atoms with E-state index in [1.165, 1.54) is 6.08 Å². The van der Waals surface area contributed by atoms with Crippen molar-refractivity contribution in [3.8, 4) is 17.2 Å². The van der Waals surface area contributed by atoms with Crippen LogP contribution in [-0.4, -0.2) is 19.3 Å². The fourth-order valence-corrected chi connectivity index (χ4v) is 2.21. The predicted octanol–water partition coefficient (Wildman–Crippen LogP) is 3.47. The van der Waals surface area contributed by atoms with Crippen molar-refractivity contribution in [2.45, 2.75) is 6.92 Å². The zero-order valence-corrected chi connectivity index (χ0v) is 12.7. The van der Waals surface area contributed by atoms with Gasteiger partial charge in [0.2, 0.25) is 12.7 Å². The van der Waals surface area contributed by atoms with E-state index in [2.05, 4.69) is 5.32 Å². The molecule has 23 heavy (non-hydrogen) atoms. The lowest BCUT2D eigenvalue weighted by Crippen LogP contribution is -2.09. The number of carbonyl (C=O) groups is 1. The molecule has 1 amide bonds. The Morgan fingerprint density at radius 3 is 2.91 bits per heavy atom. The Labute approximate surface area is 134 Å². The molecule has 0 atom stereocenters. The Kier molecular flexibility index (Phi) is 4.47. The minimum absolute atomic E-state index is 0.227. The highest BCUT2D eigenvalue weighted by atomic mass is 16.7. The predicted molar refractivity (Wildman–Crippen MR) is 87.8 cm³/mol. The van der Waals surface area contributed by atoms with E-state index in [4.69, 9.17) is 14.2 Å². The first-order valence-corrected chi connectivity index (χ1v) is 7.37. The zero-order valence-electron chi connectivity index (χ0n) is 12.7. The van der Waals surface area contributed by atoms with Gasteiger partial charge in [-0.25, -0.2) is 0 Å². The van der Waals surface area contributed by atoms with Crippen LogP contribution in [0.1, 0.15) is 12.5 Å². The molecule has 1 N–H and O–H groups in total. The standard InChI is InChI=1S/C18H17NO4/c1-2-21-15-6-4-3-5-14(15)19-18(20)10-8-13-7-9-16-17(11-13)23-12-22-16/h3-11H,2,12H2,1H3,(H,19,20). The monoisotopic (exact) mass is 311 g/mol. The minimum atomic E-state index is -0.227. The third-order valence-corrected chi connectivity index (χ3v) is 3.27. The van der Waals surface area contributed by atoms with Gasteiger partial charge in [0.15, 0.2) is 11.5 Å². The fraction of sp³-hybridized carbons (Fsp3) is 0.167. The van der Waals surface area contributed by atoms with Crippen molar-refractivity contribution in [2.75, 3.05) is 18.7 Å². The molecular formula is C18H17NO4. The summed E-state index contributed by atoms with van der Waals surface area (Å²) in [7, 11) is 0. The maximum Gasteiger partial charge on any atom is 0.248 e. The number of carbonyl (C=O) groups excluding carboxylic acids is 1. The summed E-state index contributed by atoms with van der Waals surface area (Å²) >= 11 is 0. The molecule has 2 aromatic carbocycles. The van der Waals surface area contributed by atoms with Crippen LogP contribution in [0.15, 0.2) is 48.5 Å². The van der Waals surface area contributed by atoms with Gasteiger partial charge in [0.1, 0.15) is 5.75 Å². The van der Waals surface area contributed by atoms with Crippen LogP contribution in [0.3, 0.4) is 0 Å². The first-order valence-electron chi connectivity index (χ1n) is 7.37. The summed E-state index contributed by atoms with van der Waals surface area (Å²) in [6, 6.07) is 12.9. The number of hydrogen-bond acceptors (Lipinski definition) is 4. The quantitative estimate of drug-likeness (QED) is 0.859. The van der Waals surface area contributed by atoms with Gasteiger partial charge in [-0.05, 0) is 42.8 Å². The first-order chi connectivity index (χ1) is 11.3. The molecule has 0 bridgehead atoms. The van der Waals surface area contributed by atoms with Crippen LogP contribution in [0.25, 0.3) is 6.08 Å². The number of ether oxygens (including phenoxy) is 3. The van der Waals surface area contributed by atoms with E-state index in [0.717, 1.165) is 11.3 Å². The van der Waals surface area contributed by atoms with Gasteiger partial charge in [-0.2, -0.15) is 0 Å². The van der Waals surface area contributed by atoms with E-state index in [0.29, 0.717) is 23.8 Å². The largest absolute Gasteiger partial charge is 0.492 e. The number of fused-ring (bicyclic) bond motifs is 1. The van der Waals surface area contributed by atoms with Crippen LogP contribution < -0.4 is 19.5 Å². The number of benzene rings is 2. The van der Waals surface area contributed by atoms with Crippen molar-refractivity contribution in [3.63, 3.8) is 0 Å². The molecule has 118 valence electrons. The number of nitrogens with one attached hydrogen (secondary N) is 1. The van der Waals surface area contributed by atoms with E-state index in [9.17, 15) is 4.79 Å². The summed E-state index contributed by atoms with van der Waals surface area (Å²) in [5.41, 5.74) is 1.51. The molecule has 5 heteroatoms. The van der Waals surface area contributed by atoms with E-state index in [-0.39, 0.29) is 12.7 Å². The van der Waals surface area contributed by atoms with Gasteiger partial charge in [0, 0.05) is 6.08 Å². The highest BCUT2D eigenvalue weighted by molar-refractivity contribution is 6.02. The van der Waals surface area contributed by atoms with Crippen LogP contribution in [0, 0.1) is 0 Å². The zero-order chi connectivity index (χ0) is 16.1. The van der Waals surface area contributed by atoms with Crippen molar-refractivity contribution in [1.82, 2.24) is 0 Å².